The highest BCUT2D eigenvalue weighted by Gasteiger charge is 2.19. The number of hydrogen-bond donors (Lipinski definition) is 3. The van der Waals surface area contributed by atoms with E-state index in [1.54, 1.807) is 0 Å². The molecular weight excluding hydrogens is 226 g/mol. The summed E-state index contributed by atoms with van der Waals surface area (Å²) < 4.78 is 0. The Kier molecular flexibility index (Phi) is 5.05. The van der Waals surface area contributed by atoms with Gasteiger partial charge in [0.15, 0.2) is 5.82 Å². The average molecular weight is 241 g/mol. The Morgan fingerprint density at radius 3 is 2.82 bits per heavy atom. The van der Waals surface area contributed by atoms with Crippen LogP contribution in [0.15, 0.2) is 0 Å². The average Bonchev–Trinajstić information content (AvgIpc) is 2.76. The summed E-state index contributed by atoms with van der Waals surface area (Å²) in [7, 11) is 0. The molecular formula is C9H15N5O3. The van der Waals surface area contributed by atoms with E-state index in [0.717, 1.165) is 12.8 Å². The molecule has 0 saturated carbocycles. The van der Waals surface area contributed by atoms with Gasteiger partial charge in [-0.3, -0.25) is 4.79 Å². The predicted molar refractivity (Wildman–Crippen MR) is 57.0 cm³/mol. The molecule has 1 amide bonds. The Labute approximate surface area is 97.8 Å². The van der Waals surface area contributed by atoms with E-state index in [1.807, 2.05) is 6.92 Å². The van der Waals surface area contributed by atoms with E-state index in [2.05, 4.69) is 25.9 Å². The minimum atomic E-state index is -1.03. The third kappa shape index (κ3) is 4.58. The highest BCUT2D eigenvalue weighted by molar-refractivity contribution is 5.84. The van der Waals surface area contributed by atoms with Crippen LogP contribution in [-0.2, 0) is 16.0 Å². The second-order valence-electron chi connectivity index (χ2n) is 3.61. The highest BCUT2D eigenvalue weighted by Crippen LogP contribution is 2.01. The van der Waals surface area contributed by atoms with Gasteiger partial charge < -0.3 is 10.4 Å². The number of tetrazole rings is 1. The fraction of sp³-hybridized carbons (Fsp3) is 0.667. The lowest BCUT2D eigenvalue weighted by atomic mass is 10.1. The molecule has 0 saturated heterocycles. The SMILES string of the molecule is CCCCC(NC(=O)Cc1nn[nH]n1)C(=O)O. The molecule has 1 aromatic heterocycles. The number of aliphatic carboxylic acids is 1. The van der Waals surface area contributed by atoms with Crippen molar-refractivity contribution in [2.75, 3.05) is 0 Å². The summed E-state index contributed by atoms with van der Waals surface area (Å²) in [6, 6.07) is -0.852. The second-order valence-corrected chi connectivity index (χ2v) is 3.61. The van der Waals surface area contributed by atoms with E-state index in [4.69, 9.17) is 5.11 Å². The quantitative estimate of drug-likeness (QED) is 0.591. The lowest BCUT2D eigenvalue weighted by Crippen LogP contribution is -2.41. The number of aromatic amines is 1. The number of amides is 1. The topological polar surface area (TPSA) is 121 Å². The number of carbonyl (C=O) groups is 2. The van der Waals surface area contributed by atoms with Gasteiger partial charge in [-0.05, 0) is 6.42 Å². The van der Waals surface area contributed by atoms with Crippen LogP contribution in [0.5, 0.6) is 0 Å². The zero-order valence-electron chi connectivity index (χ0n) is 9.51. The fourth-order valence-electron chi connectivity index (χ4n) is 1.31. The molecule has 0 fully saturated rings. The molecule has 1 atom stereocenters. The normalized spacial score (nSPS) is 12.1. The molecule has 0 aliphatic heterocycles. The Bertz CT molecular complexity index is 365. The van der Waals surface area contributed by atoms with Crippen LogP contribution in [0.3, 0.4) is 0 Å². The lowest BCUT2D eigenvalue weighted by Gasteiger charge is -2.13. The van der Waals surface area contributed by atoms with E-state index in [1.165, 1.54) is 0 Å². The molecule has 0 radical (unpaired) electrons. The minimum Gasteiger partial charge on any atom is -0.480 e. The Morgan fingerprint density at radius 2 is 2.29 bits per heavy atom. The number of aromatic nitrogens is 4. The maximum absolute atomic E-state index is 11.5. The maximum atomic E-state index is 11.5. The van der Waals surface area contributed by atoms with Crippen LogP contribution < -0.4 is 5.32 Å². The number of unbranched alkanes of at least 4 members (excludes halogenated alkanes) is 1. The molecule has 0 aliphatic rings. The van der Waals surface area contributed by atoms with Gasteiger partial charge >= 0.3 is 5.97 Å². The van der Waals surface area contributed by atoms with E-state index < -0.39 is 17.9 Å². The van der Waals surface area contributed by atoms with Crippen molar-refractivity contribution in [2.45, 2.75) is 38.6 Å². The van der Waals surface area contributed by atoms with Crippen molar-refractivity contribution >= 4 is 11.9 Å². The molecule has 1 aromatic rings. The summed E-state index contributed by atoms with van der Waals surface area (Å²) in [5.41, 5.74) is 0. The molecule has 1 unspecified atom stereocenters. The first-order valence-corrected chi connectivity index (χ1v) is 5.38. The summed E-state index contributed by atoms with van der Waals surface area (Å²) in [5.74, 6) is -1.21. The van der Waals surface area contributed by atoms with Gasteiger partial charge in [0.05, 0.1) is 6.42 Å². The third-order valence-corrected chi connectivity index (χ3v) is 2.19. The summed E-state index contributed by atoms with van der Waals surface area (Å²) >= 11 is 0. The van der Waals surface area contributed by atoms with Gasteiger partial charge in [0, 0.05) is 0 Å². The minimum absolute atomic E-state index is 0.0770. The van der Waals surface area contributed by atoms with Gasteiger partial charge in [-0.25, -0.2) is 4.79 Å². The number of hydrogen-bond acceptors (Lipinski definition) is 5. The van der Waals surface area contributed by atoms with Gasteiger partial charge in [0.1, 0.15) is 6.04 Å². The fourth-order valence-corrected chi connectivity index (χ4v) is 1.31. The van der Waals surface area contributed by atoms with Gasteiger partial charge in [-0.15, -0.1) is 10.2 Å². The van der Waals surface area contributed by atoms with Crippen molar-refractivity contribution in [1.82, 2.24) is 25.9 Å². The van der Waals surface area contributed by atoms with Crippen LogP contribution in [0.4, 0.5) is 0 Å². The van der Waals surface area contributed by atoms with E-state index >= 15 is 0 Å². The Balaban J connectivity index is 2.43. The van der Waals surface area contributed by atoms with Crippen LogP contribution in [0.25, 0.3) is 0 Å². The lowest BCUT2D eigenvalue weighted by molar-refractivity contribution is -0.142. The summed E-state index contributed by atoms with van der Waals surface area (Å²) in [5, 5.41) is 24.1. The molecule has 0 aromatic carbocycles. The molecule has 3 N–H and O–H groups in total. The molecule has 17 heavy (non-hydrogen) atoms. The van der Waals surface area contributed by atoms with Crippen molar-refractivity contribution in [3.8, 4) is 0 Å². The first kappa shape index (κ1) is 13.1. The standard InChI is InChI=1S/C9H15N5O3/c1-2-3-4-6(9(16)17)10-8(15)5-7-11-13-14-12-7/h6H,2-5H2,1H3,(H,10,15)(H,16,17)(H,11,12,13,14). The predicted octanol–water partition coefficient (Wildman–Crippen LogP) is -0.498. The molecule has 0 aliphatic carbocycles. The van der Waals surface area contributed by atoms with Gasteiger partial charge in [-0.1, -0.05) is 25.0 Å². The van der Waals surface area contributed by atoms with Crippen molar-refractivity contribution in [3.63, 3.8) is 0 Å². The second kappa shape index (κ2) is 6.56. The molecule has 94 valence electrons. The summed E-state index contributed by atoms with van der Waals surface area (Å²) in [4.78, 5) is 22.4. The smallest absolute Gasteiger partial charge is 0.326 e. The number of H-pyrrole nitrogens is 1. The van der Waals surface area contributed by atoms with Crippen LogP contribution in [0.1, 0.15) is 32.0 Å². The van der Waals surface area contributed by atoms with Crippen LogP contribution in [-0.4, -0.2) is 43.6 Å². The number of carboxylic acid groups (broad SMARTS) is 1. The molecule has 0 bridgehead atoms. The summed E-state index contributed by atoms with van der Waals surface area (Å²) in [6.45, 7) is 1.96. The highest BCUT2D eigenvalue weighted by atomic mass is 16.4. The molecule has 1 rings (SSSR count). The maximum Gasteiger partial charge on any atom is 0.326 e. The van der Waals surface area contributed by atoms with Crippen LogP contribution in [0.2, 0.25) is 0 Å². The number of nitrogens with zero attached hydrogens (tertiary/aromatic N) is 3. The van der Waals surface area contributed by atoms with Crippen molar-refractivity contribution < 1.29 is 14.7 Å². The van der Waals surface area contributed by atoms with E-state index in [-0.39, 0.29) is 12.2 Å². The largest absolute Gasteiger partial charge is 0.480 e. The third-order valence-electron chi connectivity index (χ3n) is 2.19. The number of rotatable bonds is 7. The van der Waals surface area contributed by atoms with Crippen molar-refractivity contribution in [2.24, 2.45) is 0 Å². The van der Waals surface area contributed by atoms with Crippen molar-refractivity contribution in [3.05, 3.63) is 5.82 Å². The van der Waals surface area contributed by atoms with Crippen LogP contribution in [0, 0.1) is 0 Å². The van der Waals surface area contributed by atoms with E-state index in [0.29, 0.717) is 6.42 Å². The molecule has 0 spiro atoms. The van der Waals surface area contributed by atoms with Crippen molar-refractivity contribution in [1.29, 1.82) is 0 Å². The molecule has 8 heteroatoms. The Morgan fingerprint density at radius 1 is 1.53 bits per heavy atom. The zero-order valence-corrected chi connectivity index (χ0v) is 9.51. The van der Waals surface area contributed by atoms with E-state index in [9.17, 15) is 9.59 Å². The van der Waals surface area contributed by atoms with Gasteiger partial charge in [0.2, 0.25) is 5.91 Å². The first-order chi connectivity index (χ1) is 8.13. The van der Waals surface area contributed by atoms with Crippen LogP contribution >= 0.6 is 0 Å². The number of nitrogens with one attached hydrogen (secondary N) is 2. The monoisotopic (exact) mass is 241 g/mol. The molecule has 8 nitrogen and oxygen atoms in total. The first-order valence-electron chi connectivity index (χ1n) is 5.38. The summed E-state index contributed by atoms with van der Waals surface area (Å²) in [6.07, 6.45) is 1.97. The number of carbonyl (C=O) groups excluding carboxylic acids is 1. The van der Waals surface area contributed by atoms with Gasteiger partial charge in [0.25, 0.3) is 0 Å². The zero-order chi connectivity index (χ0) is 12.7. The number of carboxylic acids is 1. The van der Waals surface area contributed by atoms with Gasteiger partial charge in [-0.2, -0.15) is 5.21 Å². The Hall–Kier alpha value is -1.99. The molecule has 1 heterocycles.